The summed E-state index contributed by atoms with van der Waals surface area (Å²) in [6.07, 6.45) is 1.17. The van der Waals surface area contributed by atoms with Gasteiger partial charge in [0, 0.05) is 17.3 Å². The van der Waals surface area contributed by atoms with E-state index in [1.807, 2.05) is 0 Å². The number of rotatable bonds is 3. The van der Waals surface area contributed by atoms with Gasteiger partial charge in [-0.15, -0.1) is 0 Å². The van der Waals surface area contributed by atoms with Crippen molar-refractivity contribution >= 4 is 5.95 Å². The second-order valence-electron chi connectivity index (χ2n) is 3.96. The fourth-order valence-corrected chi connectivity index (χ4v) is 1.71. The Labute approximate surface area is 104 Å². The summed E-state index contributed by atoms with van der Waals surface area (Å²) in [6.45, 7) is 1.79. The Hall–Kier alpha value is -2.01. The summed E-state index contributed by atoms with van der Waals surface area (Å²) in [7, 11) is 0. The van der Waals surface area contributed by atoms with Gasteiger partial charge in [0.15, 0.2) is 0 Å². The first kappa shape index (κ1) is 12.4. The van der Waals surface area contributed by atoms with E-state index in [-0.39, 0.29) is 11.5 Å². The minimum absolute atomic E-state index is 0.161. The lowest BCUT2D eigenvalue weighted by Gasteiger charge is -2.11. The SMILES string of the molecule is CCC(O)c1cc(-c2ccnc(N)n2)ccc1F. The lowest BCUT2D eigenvalue weighted by molar-refractivity contribution is 0.169. The summed E-state index contributed by atoms with van der Waals surface area (Å²) in [5.41, 5.74) is 7.08. The van der Waals surface area contributed by atoms with Gasteiger partial charge >= 0.3 is 0 Å². The molecule has 0 spiro atoms. The normalized spacial score (nSPS) is 12.4. The maximum Gasteiger partial charge on any atom is 0.220 e. The third-order valence-electron chi connectivity index (χ3n) is 2.71. The highest BCUT2D eigenvalue weighted by molar-refractivity contribution is 5.61. The molecule has 0 saturated carbocycles. The Balaban J connectivity index is 2.47. The molecule has 0 amide bonds. The van der Waals surface area contributed by atoms with Gasteiger partial charge in [-0.2, -0.15) is 0 Å². The van der Waals surface area contributed by atoms with Crippen LogP contribution < -0.4 is 5.73 Å². The molecule has 1 unspecified atom stereocenters. The van der Waals surface area contributed by atoms with Crippen LogP contribution >= 0.6 is 0 Å². The number of nitrogens with two attached hydrogens (primary N) is 1. The van der Waals surface area contributed by atoms with Crippen LogP contribution in [-0.2, 0) is 0 Å². The van der Waals surface area contributed by atoms with Gasteiger partial charge < -0.3 is 10.8 Å². The van der Waals surface area contributed by atoms with E-state index in [0.29, 0.717) is 17.7 Å². The van der Waals surface area contributed by atoms with E-state index >= 15 is 0 Å². The Morgan fingerprint density at radius 2 is 2.17 bits per heavy atom. The van der Waals surface area contributed by atoms with Gasteiger partial charge in [-0.05, 0) is 30.7 Å². The molecule has 0 aliphatic rings. The topological polar surface area (TPSA) is 72.0 Å². The van der Waals surface area contributed by atoms with E-state index in [2.05, 4.69) is 9.97 Å². The molecular weight excluding hydrogens is 233 g/mol. The van der Waals surface area contributed by atoms with Gasteiger partial charge in [0.25, 0.3) is 0 Å². The smallest absolute Gasteiger partial charge is 0.220 e. The molecule has 0 radical (unpaired) electrons. The number of aliphatic hydroxyl groups is 1. The highest BCUT2D eigenvalue weighted by Crippen LogP contribution is 2.25. The fourth-order valence-electron chi connectivity index (χ4n) is 1.71. The lowest BCUT2D eigenvalue weighted by atomic mass is 10.0. The molecule has 3 N–H and O–H groups in total. The average Bonchev–Trinajstić information content (AvgIpc) is 2.38. The Kier molecular flexibility index (Phi) is 3.53. The number of nitrogens with zero attached hydrogens (tertiary/aromatic N) is 2. The fraction of sp³-hybridized carbons (Fsp3) is 0.231. The number of aromatic nitrogens is 2. The summed E-state index contributed by atoms with van der Waals surface area (Å²) in [6, 6.07) is 6.20. The van der Waals surface area contributed by atoms with Crippen molar-refractivity contribution in [3.63, 3.8) is 0 Å². The molecule has 4 nitrogen and oxygen atoms in total. The Morgan fingerprint density at radius 3 is 2.83 bits per heavy atom. The number of benzene rings is 1. The minimum atomic E-state index is -0.816. The van der Waals surface area contributed by atoms with Crippen molar-refractivity contribution in [1.82, 2.24) is 9.97 Å². The van der Waals surface area contributed by atoms with Crippen LogP contribution in [0.4, 0.5) is 10.3 Å². The van der Waals surface area contributed by atoms with Crippen molar-refractivity contribution in [2.75, 3.05) is 5.73 Å². The second-order valence-corrected chi connectivity index (χ2v) is 3.96. The number of hydrogen-bond donors (Lipinski definition) is 2. The molecule has 1 aromatic heterocycles. The number of hydrogen-bond acceptors (Lipinski definition) is 4. The quantitative estimate of drug-likeness (QED) is 0.873. The summed E-state index contributed by atoms with van der Waals surface area (Å²) in [4.78, 5) is 7.86. The van der Waals surface area contributed by atoms with Gasteiger partial charge in [-0.25, -0.2) is 14.4 Å². The zero-order valence-electron chi connectivity index (χ0n) is 9.97. The molecule has 2 aromatic rings. The summed E-state index contributed by atoms with van der Waals surface area (Å²) in [5.74, 6) is -0.260. The van der Waals surface area contributed by atoms with Gasteiger partial charge in [0.1, 0.15) is 5.82 Å². The third kappa shape index (κ3) is 2.46. The summed E-state index contributed by atoms with van der Waals surface area (Å²) >= 11 is 0. The van der Waals surface area contributed by atoms with Gasteiger partial charge in [0.05, 0.1) is 11.8 Å². The Morgan fingerprint density at radius 1 is 1.39 bits per heavy atom. The van der Waals surface area contributed by atoms with Crippen LogP contribution in [-0.4, -0.2) is 15.1 Å². The molecule has 1 heterocycles. The van der Waals surface area contributed by atoms with Crippen molar-refractivity contribution in [2.24, 2.45) is 0 Å². The minimum Gasteiger partial charge on any atom is -0.388 e. The lowest BCUT2D eigenvalue weighted by Crippen LogP contribution is -2.00. The largest absolute Gasteiger partial charge is 0.388 e. The van der Waals surface area contributed by atoms with Crippen molar-refractivity contribution in [2.45, 2.75) is 19.4 Å². The van der Waals surface area contributed by atoms with E-state index in [1.165, 1.54) is 12.3 Å². The van der Waals surface area contributed by atoms with E-state index in [0.717, 1.165) is 0 Å². The molecule has 2 rings (SSSR count). The van der Waals surface area contributed by atoms with Crippen LogP contribution in [0.1, 0.15) is 25.0 Å². The van der Waals surface area contributed by atoms with Crippen molar-refractivity contribution < 1.29 is 9.50 Å². The van der Waals surface area contributed by atoms with Crippen LogP contribution in [0.5, 0.6) is 0 Å². The van der Waals surface area contributed by atoms with E-state index in [9.17, 15) is 9.50 Å². The molecular formula is C13H14FN3O. The predicted octanol–water partition coefficient (Wildman–Crippen LogP) is 2.31. The van der Waals surface area contributed by atoms with Gasteiger partial charge in [0.2, 0.25) is 5.95 Å². The van der Waals surface area contributed by atoms with Crippen LogP contribution in [0.3, 0.4) is 0 Å². The summed E-state index contributed by atoms with van der Waals surface area (Å²) in [5, 5.41) is 9.74. The molecule has 0 saturated heterocycles. The van der Waals surface area contributed by atoms with Crippen LogP contribution in [0, 0.1) is 5.82 Å². The number of halogens is 1. The maximum atomic E-state index is 13.6. The molecule has 1 atom stereocenters. The second kappa shape index (κ2) is 5.10. The zero-order valence-corrected chi connectivity index (χ0v) is 9.97. The first-order valence-corrected chi connectivity index (χ1v) is 5.68. The number of anilines is 1. The van der Waals surface area contributed by atoms with E-state index < -0.39 is 11.9 Å². The molecule has 0 aliphatic carbocycles. The maximum absolute atomic E-state index is 13.6. The third-order valence-corrected chi connectivity index (χ3v) is 2.71. The predicted molar refractivity (Wildman–Crippen MR) is 67.1 cm³/mol. The standard InChI is InChI=1S/C13H14FN3O/c1-2-12(18)9-7-8(3-4-10(9)14)11-5-6-16-13(15)17-11/h3-7,12,18H,2H2,1H3,(H2,15,16,17). The number of nitrogen functional groups attached to an aromatic ring is 1. The average molecular weight is 247 g/mol. The van der Waals surface area contributed by atoms with Crippen molar-refractivity contribution in [1.29, 1.82) is 0 Å². The van der Waals surface area contributed by atoms with Crippen molar-refractivity contribution in [3.8, 4) is 11.3 Å². The highest BCUT2D eigenvalue weighted by atomic mass is 19.1. The molecule has 0 fully saturated rings. The van der Waals surface area contributed by atoms with Gasteiger partial charge in [-0.1, -0.05) is 6.92 Å². The Bertz CT molecular complexity index is 560. The molecule has 94 valence electrons. The molecule has 0 bridgehead atoms. The molecule has 1 aromatic carbocycles. The van der Waals surface area contributed by atoms with E-state index in [1.54, 1.807) is 25.1 Å². The monoisotopic (exact) mass is 247 g/mol. The van der Waals surface area contributed by atoms with Crippen molar-refractivity contribution in [3.05, 3.63) is 41.8 Å². The first-order chi connectivity index (χ1) is 8.61. The van der Waals surface area contributed by atoms with Gasteiger partial charge in [-0.3, -0.25) is 0 Å². The van der Waals surface area contributed by atoms with Crippen LogP contribution in [0.2, 0.25) is 0 Å². The summed E-state index contributed by atoms with van der Waals surface area (Å²) < 4.78 is 13.6. The highest BCUT2D eigenvalue weighted by Gasteiger charge is 2.12. The van der Waals surface area contributed by atoms with Crippen LogP contribution in [0.25, 0.3) is 11.3 Å². The first-order valence-electron chi connectivity index (χ1n) is 5.68. The van der Waals surface area contributed by atoms with Crippen LogP contribution in [0.15, 0.2) is 30.5 Å². The zero-order chi connectivity index (χ0) is 13.1. The molecule has 18 heavy (non-hydrogen) atoms. The number of aliphatic hydroxyl groups excluding tert-OH is 1. The molecule has 5 heteroatoms. The molecule has 0 aliphatic heterocycles. The van der Waals surface area contributed by atoms with E-state index in [4.69, 9.17) is 5.73 Å².